The van der Waals surface area contributed by atoms with E-state index in [2.05, 4.69) is 16.6 Å². The van der Waals surface area contributed by atoms with Crippen LogP contribution in [0.1, 0.15) is 48.0 Å². The molecule has 0 aromatic heterocycles. The molecule has 0 heterocycles. The van der Waals surface area contributed by atoms with Gasteiger partial charge in [-0.2, -0.15) is 0 Å². The molecule has 132 valence electrons. The maximum Gasteiger partial charge on any atom is 0.408 e. The molecule has 0 aliphatic heterocycles. The number of carbonyl (C=O) groups is 3. The Hall–Kier alpha value is -2.05. The third kappa shape index (κ3) is 9.55. The minimum atomic E-state index is -1.10. The quantitative estimate of drug-likeness (QED) is 0.473. The zero-order valence-electron chi connectivity index (χ0n) is 14.9. The molecule has 1 unspecified atom stereocenters. The summed E-state index contributed by atoms with van der Waals surface area (Å²) in [5.74, 6) is -1.35. The van der Waals surface area contributed by atoms with Gasteiger partial charge in [-0.15, -0.1) is 0 Å². The largest absolute Gasteiger partial charge is 0.466 e. The summed E-state index contributed by atoms with van der Waals surface area (Å²) in [6.07, 6.45) is -0.924. The molecule has 0 aliphatic rings. The summed E-state index contributed by atoms with van der Waals surface area (Å²) < 4.78 is 14.9. The van der Waals surface area contributed by atoms with E-state index in [1.165, 1.54) is 7.11 Å². The number of esters is 2. The molecule has 1 amide bonds. The topological polar surface area (TPSA) is 90.9 Å². The highest BCUT2D eigenvalue weighted by Crippen LogP contribution is 2.14. The van der Waals surface area contributed by atoms with Gasteiger partial charge in [-0.3, -0.25) is 0 Å². The van der Waals surface area contributed by atoms with Crippen LogP contribution in [0.25, 0.3) is 0 Å². The Morgan fingerprint density at radius 3 is 1.87 bits per heavy atom. The summed E-state index contributed by atoms with van der Waals surface area (Å²) in [6, 6.07) is -1.10. The second kappa shape index (κ2) is 7.99. The molecular weight excluding hydrogens is 302 g/mol. The van der Waals surface area contributed by atoms with Gasteiger partial charge in [-0.1, -0.05) is 6.58 Å². The fourth-order valence-electron chi connectivity index (χ4n) is 1.49. The van der Waals surface area contributed by atoms with E-state index in [1.54, 1.807) is 41.5 Å². The summed E-state index contributed by atoms with van der Waals surface area (Å²) >= 11 is 0. The van der Waals surface area contributed by atoms with Crippen molar-refractivity contribution in [3.63, 3.8) is 0 Å². The van der Waals surface area contributed by atoms with Crippen molar-refractivity contribution in [2.75, 3.05) is 7.11 Å². The highest BCUT2D eigenvalue weighted by Gasteiger charge is 2.30. The van der Waals surface area contributed by atoms with E-state index in [-0.39, 0.29) is 12.0 Å². The van der Waals surface area contributed by atoms with Crippen molar-refractivity contribution in [2.24, 2.45) is 0 Å². The maximum atomic E-state index is 12.2. The monoisotopic (exact) mass is 329 g/mol. The fourth-order valence-corrected chi connectivity index (χ4v) is 1.49. The van der Waals surface area contributed by atoms with Crippen molar-refractivity contribution in [1.82, 2.24) is 5.32 Å². The van der Waals surface area contributed by atoms with Crippen molar-refractivity contribution in [2.45, 2.75) is 65.2 Å². The van der Waals surface area contributed by atoms with Gasteiger partial charge in [0, 0.05) is 12.0 Å². The number of alkyl carbamates (subject to hydrolysis) is 1. The minimum absolute atomic E-state index is 0.0411. The van der Waals surface area contributed by atoms with Crippen LogP contribution in [0.2, 0.25) is 0 Å². The Kier molecular flexibility index (Phi) is 7.27. The van der Waals surface area contributed by atoms with Crippen LogP contribution in [-0.2, 0) is 23.8 Å². The van der Waals surface area contributed by atoms with Crippen molar-refractivity contribution in [3.05, 3.63) is 12.2 Å². The van der Waals surface area contributed by atoms with E-state index in [1.807, 2.05) is 0 Å². The highest BCUT2D eigenvalue weighted by molar-refractivity contribution is 5.90. The molecule has 7 nitrogen and oxygen atoms in total. The van der Waals surface area contributed by atoms with Gasteiger partial charge in [0.15, 0.2) is 0 Å². The summed E-state index contributed by atoms with van der Waals surface area (Å²) in [6.45, 7) is 13.7. The molecule has 0 fully saturated rings. The van der Waals surface area contributed by atoms with Crippen LogP contribution in [0.15, 0.2) is 12.2 Å². The van der Waals surface area contributed by atoms with Gasteiger partial charge in [0.2, 0.25) is 0 Å². The fraction of sp³-hybridized carbons (Fsp3) is 0.688. The van der Waals surface area contributed by atoms with Gasteiger partial charge in [0.1, 0.15) is 17.2 Å². The standard InChI is InChI=1S/C16H27NO6/c1-10(12(18)21-8)9-11(13(19)22-15(2,3)4)17-14(20)23-16(5,6)7/h11H,1,9H2,2-8H3,(H,17,20). The van der Waals surface area contributed by atoms with Crippen LogP contribution in [0.5, 0.6) is 0 Å². The number of nitrogens with one attached hydrogen (secondary N) is 1. The number of rotatable bonds is 5. The molecule has 0 aromatic carbocycles. The number of hydrogen-bond acceptors (Lipinski definition) is 6. The number of ether oxygens (including phenoxy) is 3. The third-order valence-corrected chi connectivity index (χ3v) is 2.31. The van der Waals surface area contributed by atoms with E-state index in [9.17, 15) is 14.4 Å². The summed E-state index contributed by atoms with van der Waals surface area (Å²) in [4.78, 5) is 35.5. The SMILES string of the molecule is C=C(CC(NC(=O)OC(C)(C)C)C(=O)OC(C)(C)C)C(=O)OC. The van der Waals surface area contributed by atoms with Crippen molar-refractivity contribution in [1.29, 1.82) is 0 Å². The van der Waals surface area contributed by atoms with Crippen LogP contribution in [-0.4, -0.2) is 42.4 Å². The second-order valence-electron chi connectivity index (χ2n) is 7.03. The number of carbonyl (C=O) groups excluding carboxylic acids is 3. The Labute approximate surface area is 137 Å². The predicted octanol–water partition coefficient (Wildman–Crippen LogP) is 2.34. The van der Waals surface area contributed by atoms with Crippen LogP contribution in [0.4, 0.5) is 4.79 Å². The highest BCUT2D eigenvalue weighted by atomic mass is 16.6. The zero-order chi connectivity index (χ0) is 18.4. The van der Waals surface area contributed by atoms with Crippen LogP contribution >= 0.6 is 0 Å². The van der Waals surface area contributed by atoms with E-state index < -0.39 is 35.3 Å². The van der Waals surface area contributed by atoms with E-state index in [0.717, 1.165) is 0 Å². The molecule has 23 heavy (non-hydrogen) atoms. The van der Waals surface area contributed by atoms with Gasteiger partial charge in [-0.25, -0.2) is 14.4 Å². The lowest BCUT2D eigenvalue weighted by Crippen LogP contribution is -2.46. The normalized spacial score (nSPS) is 12.8. The lowest BCUT2D eigenvalue weighted by atomic mass is 10.1. The molecule has 0 aliphatic carbocycles. The second-order valence-corrected chi connectivity index (χ2v) is 7.03. The van der Waals surface area contributed by atoms with Gasteiger partial charge < -0.3 is 19.5 Å². The van der Waals surface area contributed by atoms with Crippen LogP contribution < -0.4 is 5.32 Å². The summed E-state index contributed by atoms with van der Waals surface area (Å²) in [7, 11) is 1.21. The van der Waals surface area contributed by atoms with E-state index >= 15 is 0 Å². The molecule has 0 bridgehead atoms. The number of hydrogen-bond donors (Lipinski definition) is 1. The van der Waals surface area contributed by atoms with E-state index in [0.29, 0.717) is 0 Å². The van der Waals surface area contributed by atoms with E-state index in [4.69, 9.17) is 9.47 Å². The third-order valence-electron chi connectivity index (χ3n) is 2.31. The van der Waals surface area contributed by atoms with Gasteiger partial charge in [0.25, 0.3) is 0 Å². The van der Waals surface area contributed by atoms with Crippen molar-refractivity contribution in [3.8, 4) is 0 Å². The molecule has 0 saturated carbocycles. The lowest BCUT2D eigenvalue weighted by molar-refractivity contribution is -0.157. The summed E-state index contributed by atoms with van der Waals surface area (Å²) in [5.41, 5.74) is -1.42. The molecule has 1 N–H and O–H groups in total. The van der Waals surface area contributed by atoms with Gasteiger partial charge in [-0.05, 0) is 41.5 Å². The molecule has 0 saturated heterocycles. The zero-order valence-corrected chi connectivity index (χ0v) is 14.9. The van der Waals surface area contributed by atoms with Gasteiger partial charge in [0.05, 0.1) is 7.11 Å². The molecular formula is C16H27NO6. The number of amides is 1. The minimum Gasteiger partial charge on any atom is -0.466 e. The molecule has 0 rings (SSSR count). The average Bonchev–Trinajstić information content (AvgIpc) is 2.32. The lowest BCUT2D eigenvalue weighted by Gasteiger charge is -2.26. The first-order valence-corrected chi connectivity index (χ1v) is 7.23. The maximum absolute atomic E-state index is 12.2. The smallest absolute Gasteiger partial charge is 0.408 e. The summed E-state index contributed by atoms with van der Waals surface area (Å²) in [5, 5.41) is 2.40. The first-order chi connectivity index (χ1) is 10.2. The van der Waals surface area contributed by atoms with Crippen LogP contribution in [0, 0.1) is 0 Å². The Morgan fingerprint density at radius 2 is 1.48 bits per heavy atom. The molecule has 7 heteroatoms. The first-order valence-electron chi connectivity index (χ1n) is 7.23. The van der Waals surface area contributed by atoms with Crippen molar-refractivity contribution < 1.29 is 28.6 Å². The Morgan fingerprint density at radius 1 is 1.00 bits per heavy atom. The molecule has 0 radical (unpaired) electrons. The first kappa shape index (κ1) is 20.9. The molecule has 0 aromatic rings. The molecule has 1 atom stereocenters. The molecule has 0 spiro atoms. The Balaban J connectivity index is 5.07. The predicted molar refractivity (Wildman–Crippen MR) is 84.8 cm³/mol. The number of methoxy groups -OCH3 is 1. The van der Waals surface area contributed by atoms with Gasteiger partial charge >= 0.3 is 18.0 Å². The average molecular weight is 329 g/mol. The van der Waals surface area contributed by atoms with Crippen LogP contribution in [0.3, 0.4) is 0 Å². The Bertz CT molecular complexity index is 470. The van der Waals surface area contributed by atoms with Crippen molar-refractivity contribution >= 4 is 18.0 Å².